The van der Waals surface area contributed by atoms with E-state index in [1.807, 2.05) is 0 Å². The Kier molecular flexibility index (Phi) is 4.93. The largest absolute Gasteiger partial charge is 0.494 e. The van der Waals surface area contributed by atoms with Crippen LogP contribution < -0.4 is 10.1 Å². The summed E-state index contributed by atoms with van der Waals surface area (Å²) < 4.78 is 18.6. The van der Waals surface area contributed by atoms with Crippen molar-refractivity contribution in [1.29, 1.82) is 0 Å². The first-order valence-electron chi connectivity index (χ1n) is 9.43. The third-order valence-electron chi connectivity index (χ3n) is 5.16. The number of H-pyrrole nitrogens is 1. The smallest absolute Gasteiger partial charge is 0.123 e. The highest BCUT2D eigenvalue weighted by molar-refractivity contribution is 5.85. The Morgan fingerprint density at radius 1 is 1.19 bits per heavy atom. The van der Waals surface area contributed by atoms with Gasteiger partial charge < -0.3 is 15.0 Å². The monoisotopic (exact) mass is 352 g/mol. The molecule has 0 spiro atoms. The van der Waals surface area contributed by atoms with Gasteiger partial charge in [-0.2, -0.15) is 0 Å². The Bertz CT molecular complexity index is 885. The number of benzene rings is 2. The van der Waals surface area contributed by atoms with Crippen LogP contribution in [0.25, 0.3) is 10.9 Å². The summed E-state index contributed by atoms with van der Waals surface area (Å²) in [4.78, 5) is 3.64. The summed E-state index contributed by atoms with van der Waals surface area (Å²) in [6.45, 7) is 3.68. The van der Waals surface area contributed by atoms with Crippen molar-refractivity contribution < 1.29 is 9.13 Å². The van der Waals surface area contributed by atoms with Gasteiger partial charge in [0.05, 0.1) is 6.61 Å². The second-order valence-electron chi connectivity index (χ2n) is 7.12. The van der Waals surface area contributed by atoms with Crippen molar-refractivity contribution in [2.75, 3.05) is 13.2 Å². The highest BCUT2D eigenvalue weighted by Gasteiger charge is 2.23. The zero-order valence-corrected chi connectivity index (χ0v) is 15.1. The lowest BCUT2D eigenvalue weighted by Gasteiger charge is -2.24. The Balaban J connectivity index is 1.33. The number of ether oxygens (including phenoxy) is 1. The van der Waals surface area contributed by atoms with Crippen LogP contribution in [0.1, 0.15) is 42.1 Å². The molecule has 0 radical (unpaired) electrons. The summed E-state index contributed by atoms with van der Waals surface area (Å²) >= 11 is 0. The molecule has 0 amide bonds. The van der Waals surface area contributed by atoms with Gasteiger partial charge in [-0.05, 0) is 81.1 Å². The molecule has 1 heterocycles. The average Bonchev–Trinajstić information content (AvgIpc) is 3.02. The van der Waals surface area contributed by atoms with Crippen LogP contribution in [-0.4, -0.2) is 18.1 Å². The number of nitrogens with one attached hydrogen (secondary N) is 2. The van der Waals surface area contributed by atoms with E-state index in [2.05, 4.69) is 35.4 Å². The molecule has 0 saturated carbocycles. The van der Waals surface area contributed by atoms with Gasteiger partial charge in [0.1, 0.15) is 11.6 Å². The van der Waals surface area contributed by atoms with Crippen molar-refractivity contribution in [3.05, 3.63) is 65.1 Å². The van der Waals surface area contributed by atoms with Gasteiger partial charge in [0.2, 0.25) is 0 Å². The number of halogens is 1. The van der Waals surface area contributed by atoms with Crippen molar-refractivity contribution in [3.63, 3.8) is 0 Å². The molecule has 3 aromatic rings. The van der Waals surface area contributed by atoms with E-state index in [9.17, 15) is 4.39 Å². The highest BCUT2D eigenvalue weighted by Crippen LogP contribution is 2.35. The van der Waals surface area contributed by atoms with Crippen LogP contribution in [0.4, 0.5) is 4.39 Å². The molecule has 2 N–H and O–H groups in total. The Morgan fingerprint density at radius 3 is 2.88 bits per heavy atom. The van der Waals surface area contributed by atoms with E-state index in [0.29, 0.717) is 12.6 Å². The average molecular weight is 352 g/mol. The van der Waals surface area contributed by atoms with Gasteiger partial charge in [0, 0.05) is 22.6 Å². The summed E-state index contributed by atoms with van der Waals surface area (Å²) in [7, 11) is 0. The Labute approximate surface area is 153 Å². The summed E-state index contributed by atoms with van der Waals surface area (Å²) in [5, 5.41) is 5.06. The van der Waals surface area contributed by atoms with Crippen LogP contribution in [0, 0.1) is 12.7 Å². The molecular weight excluding hydrogens is 327 g/mol. The maximum Gasteiger partial charge on any atom is 0.123 e. The van der Waals surface area contributed by atoms with E-state index in [4.69, 9.17) is 4.74 Å². The van der Waals surface area contributed by atoms with Crippen LogP contribution in [-0.2, 0) is 6.42 Å². The van der Waals surface area contributed by atoms with Crippen molar-refractivity contribution in [3.8, 4) is 5.75 Å². The number of aromatic nitrogens is 1. The fraction of sp³-hybridized carbons (Fsp3) is 0.364. The molecule has 3 nitrogen and oxygen atoms in total. The number of hydrogen-bond acceptors (Lipinski definition) is 2. The molecule has 1 atom stereocenters. The fourth-order valence-corrected chi connectivity index (χ4v) is 3.85. The molecule has 136 valence electrons. The normalized spacial score (nSPS) is 16.6. The minimum absolute atomic E-state index is 0.236. The van der Waals surface area contributed by atoms with Crippen LogP contribution in [0.5, 0.6) is 5.75 Å². The standard InChI is InChI=1S/C22H25FN2O/c1-15-6-11-20-19(14-15)18-4-2-5-21(22(18)25-20)24-12-3-13-26-17-9-7-16(23)8-10-17/h6-11,14,21,24-25H,2-5,12-13H2,1H3/t21-/m1/s1. The van der Waals surface area contributed by atoms with Gasteiger partial charge in [0.15, 0.2) is 0 Å². The van der Waals surface area contributed by atoms with E-state index in [1.54, 1.807) is 12.1 Å². The minimum Gasteiger partial charge on any atom is -0.494 e. The zero-order chi connectivity index (χ0) is 17.9. The minimum atomic E-state index is -0.236. The summed E-state index contributed by atoms with van der Waals surface area (Å²) in [6.07, 6.45) is 4.46. The second-order valence-corrected chi connectivity index (χ2v) is 7.12. The highest BCUT2D eigenvalue weighted by atomic mass is 19.1. The summed E-state index contributed by atoms with van der Waals surface area (Å²) in [5.74, 6) is 0.484. The molecule has 2 aromatic carbocycles. The van der Waals surface area contributed by atoms with Crippen molar-refractivity contribution in [2.24, 2.45) is 0 Å². The maximum absolute atomic E-state index is 12.9. The van der Waals surface area contributed by atoms with E-state index in [1.165, 1.54) is 46.3 Å². The number of aromatic amines is 1. The first-order chi connectivity index (χ1) is 12.7. The van der Waals surface area contributed by atoms with Gasteiger partial charge in [0.25, 0.3) is 0 Å². The molecule has 26 heavy (non-hydrogen) atoms. The third kappa shape index (κ3) is 3.61. The molecule has 0 saturated heterocycles. The van der Waals surface area contributed by atoms with E-state index in [-0.39, 0.29) is 5.82 Å². The zero-order valence-electron chi connectivity index (χ0n) is 15.1. The quantitative estimate of drug-likeness (QED) is 0.609. The lowest BCUT2D eigenvalue weighted by molar-refractivity contribution is 0.302. The molecule has 1 aromatic heterocycles. The molecular formula is C22H25FN2O. The maximum atomic E-state index is 12.9. The first kappa shape index (κ1) is 17.1. The third-order valence-corrected chi connectivity index (χ3v) is 5.16. The van der Waals surface area contributed by atoms with Gasteiger partial charge >= 0.3 is 0 Å². The van der Waals surface area contributed by atoms with E-state index in [0.717, 1.165) is 31.6 Å². The van der Waals surface area contributed by atoms with E-state index >= 15 is 0 Å². The molecule has 0 aliphatic heterocycles. The van der Waals surface area contributed by atoms with Gasteiger partial charge in [-0.15, -0.1) is 0 Å². The predicted molar refractivity (Wildman–Crippen MR) is 103 cm³/mol. The molecule has 4 heteroatoms. The fourth-order valence-electron chi connectivity index (χ4n) is 3.85. The lowest BCUT2D eigenvalue weighted by Crippen LogP contribution is -2.27. The van der Waals surface area contributed by atoms with Crippen LogP contribution in [0.15, 0.2) is 42.5 Å². The van der Waals surface area contributed by atoms with Crippen molar-refractivity contribution in [1.82, 2.24) is 10.3 Å². The molecule has 4 rings (SSSR count). The SMILES string of the molecule is Cc1ccc2[nH]c3c(c2c1)CCC[C@H]3NCCCOc1ccc(F)cc1. The molecule has 0 fully saturated rings. The van der Waals surface area contributed by atoms with Gasteiger partial charge in [-0.25, -0.2) is 4.39 Å². The first-order valence-corrected chi connectivity index (χ1v) is 9.43. The second kappa shape index (κ2) is 7.50. The molecule has 1 aliphatic carbocycles. The number of rotatable bonds is 6. The van der Waals surface area contributed by atoms with Gasteiger partial charge in [-0.1, -0.05) is 11.6 Å². The topological polar surface area (TPSA) is 37.0 Å². The number of aryl methyl sites for hydroxylation is 2. The van der Waals surface area contributed by atoms with Crippen molar-refractivity contribution in [2.45, 2.75) is 38.6 Å². The molecule has 1 aliphatic rings. The van der Waals surface area contributed by atoms with Crippen LogP contribution in [0.2, 0.25) is 0 Å². The summed E-state index contributed by atoms with van der Waals surface area (Å²) in [6, 6.07) is 13.2. The summed E-state index contributed by atoms with van der Waals surface area (Å²) in [5.41, 5.74) is 5.40. The molecule has 0 unspecified atom stereocenters. The Morgan fingerprint density at radius 2 is 2.04 bits per heavy atom. The predicted octanol–water partition coefficient (Wildman–Crippen LogP) is 5.05. The van der Waals surface area contributed by atoms with E-state index < -0.39 is 0 Å². The Hall–Kier alpha value is -2.33. The molecule has 0 bridgehead atoms. The van der Waals surface area contributed by atoms with Crippen molar-refractivity contribution >= 4 is 10.9 Å². The number of fused-ring (bicyclic) bond motifs is 3. The lowest BCUT2D eigenvalue weighted by atomic mass is 9.91. The van der Waals surface area contributed by atoms with Crippen LogP contribution in [0.3, 0.4) is 0 Å². The number of hydrogen-bond donors (Lipinski definition) is 2. The van der Waals surface area contributed by atoms with Gasteiger partial charge in [-0.3, -0.25) is 0 Å². The van der Waals surface area contributed by atoms with Crippen LogP contribution >= 0.6 is 0 Å².